The molecule has 0 aromatic heterocycles. The van der Waals surface area contributed by atoms with E-state index in [1.807, 2.05) is 19.2 Å². The summed E-state index contributed by atoms with van der Waals surface area (Å²) in [6.07, 6.45) is 1.04. The fourth-order valence-electron chi connectivity index (χ4n) is 1.43. The lowest BCUT2D eigenvalue weighted by molar-refractivity contribution is 0.308. The SMILES string of the molecule is CNCCNCCCOc1cccc(C)c1. The molecule has 0 aliphatic carbocycles. The molecule has 90 valence electrons. The summed E-state index contributed by atoms with van der Waals surface area (Å²) in [7, 11) is 1.96. The van der Waals surface area contributed by atoms with Gasteiger partial charge in [0, 0.05) is 13.1 Å². The second-order valence-electron chi connectivity index (χ2n) is 3.87. The highest BCUT2D eigenvalue weighted by Crippen LogP contribution is 2.12. The number of hydrogen-bond acceptors (Lipinski definition) is 3. The highest BCUT2D eigenvalue weighted by Gasteiger charge is 1.93. The van der Waals surface area contributed by atoms with Gasteiger partial charge in [-0.05, 0) is 44.6 Å². The summed E-state index contributed by atoms with van der Waals surface area (Å²) in [5.41, 5.74) is 1.24. The van der Waals surface area contributed by atoms with Crippen LogP contribution in [0.4, 0.5) is 0 Å². The number of aryl methyl sites for hydroxylation is 1. The lowest BCUT2D eigenvalue weighted by atomic mass is 10.2. The summed E-state index contributed by atoms with van der Waals surface area (Å²) in [6.45, 7) is 5.88. The van der Waals surface area contributed by atoms with Crippen LogP contribution in [0.25, 0.3) is 0 Å². The molecule has 0 saturated heterocycles. The molecule has 0 bridgehead atoms. The van der Waals surface area contributed by atoms with E-state index in [0.717, 1.165) is 38.4 Å². The van der Waals surface area contributed by atoms with Crippen LogP contribution in [0.15, 0.2) is 24.3 Å². The molecule has 3 nitrogen and oxygen atoms in total. The van der Waals surface area contributed by atoms with E-state index in [1.165, 1.54) is 5.56 Å². The van der Waals surface area contributed by atoms with Gasteiger partial charge in [0.1, 0.15) is 5.75 Å². The molecular formula is C13H22N2O. The number of rotatable bonds is 8. The van der Waals surface area contributed by atoms with E-state index in [-0.39, 0.29) is 0 Å². The van der Waals surface area contributed by atoms with Gasteiger partial charge in [-0.1, -0.05) is 12.1 Å². The lowest BCUT2D eigenvalue weighted by Gasteiger charge is -2.07. The van der Waals surface area contributed by atoms with Crippen LogP contribution >= 0.6 is 0 Å². The van der Waals surface area contributed by atoms with Crippen molar-refractivity contribution in [2.75, 3.05) is 33.3 Å². The zero-order chi connectivity index (χ0) is 11.6. The minimum atomic E-state index is 0.774. The van der Waals surface area contributed by atoms with Crippen molar-refractivity contribution in [3.05, 3.63) is 29.8 Å². The van der Waals surface area contributed by atoms with Crippen molar-refractivity contribution in [2.45, 2.75) is 13.3 Å². The van der Waals surface area contributed by atoms with Crippen LogP contribution in [0.5, 0.6) is 5.75 Å². The van der Waals surface area contributed by atoms with E-state index < -0.39 is 0 Å². The summed E-state index contributed by atoms with van der Waals surface area (Å²) in [5, 5.41) is 6.44. The smallest absolute Gasteiger partial charge is 0.119 e. The molecule has 0 saturated carbocycles. The fraction of sp³-hybridized carbons (Fsp3) is 0.538. The minimum Gasteiger partial charge on any atom is -0.494 e. The standard InChI is InChI=1S/C13H22N2O/c1-12-5-3-6-13(11-12)16-10-4-7-15-9-8-14-2/h3,5-6,11,14-15H,4,7-10H2,1-2H3. The first-order valence-corrected chi connectivity index (χ1v) is 5.87. The third-order valence-corrected chi connectivity index (χ3v) is 2.31. The van der Waals surface area contributed by atoms with Crippen LogP contribution in [0, 0.1) is 6.92 Å². The maximum absolute atomic E-state index is 5.64. The maximum Gasteiger partial charge on any atom is 0.119 e. The summed E-state index contributed by atoms with van der Waals surface area (Å²) < 4.78 is 5.64. The molecule has 0 fully saturated rings. The predicted octanol–water partition coefficient (Wildman–Crippen LogP) is 1.57. The van der Waals surface area contributed by atoms with Crippen molar-refractivity contribution in [2.24, 2.45) is 0 Å². The number of ether oxygens (including phenoxy) is 1. The van der Waals surface area contributed by atoms with Crippen LogP contribution in [0.3, 0.4) is 0 Å². The van der Waals surface area contributed by atoms with Crippen LogP contribution < -0.4 is 15.4 Å². The van der Waals surface area contributed by atoms with E-state index in [9.17, 15) is 0 Å². The van der Waals surface area contributed by atoms with Gasteiger partial charge in [-0.3, -0.25) is 0 Å². The Bertz CT molecular complexity index is 289. The first kappa shape index (κ1) is 13.0. The molecule has 0 aliphatic rings. The highest BCUT2D eigenvalue weighted by atomic mass is 16.5. The zero-order valence-corrected chi connectivity index (χ0v) is 10.3. The van der Waals surface area contributed by atoms with Crippen molar-refractivity contribution in [3.63, 3.8) is 0 Å². The average Bonchev–Trinajstić information content (AvgIpc) is 2.28. The number of nitrogens with one attached hydrogen (secondary N) is 2. The molecule has 0 spiro atoms. The molecule has 0 atom stereocenters. The first-order valence-electron chi connectivity index (χ1n) is 5.87. The van der Waals surface area contributed by atoms with Gasteiger partial charge in [-0.2, -0.15) is 0 Å². The fourth-order valence-corrected chi connectivity index (χ4v) is 1.43. The number of likely N-dealkylation sites (N-methyl/N-ethyl adjacent to an activating group) is 1. The van der Waals surface area contributed by atoms with Gasteiger partial charge in [0.05, 0.1) is 6.61 Å². The molecule has 1 aromatic carbocycles. The lowest BCUT2D eigenvalue weighted by Crippen LogP contribution is -2.26. The van der Waals surface area contributed by atoms with E-state index in [1.54, 1.807) is 0 Å². The van der Waals surface area contributed by atoms with Crippen LogP contribution in [-0.2, 0) is 0 Å². The predicted molar refractivity (Wildman–Crippen MR) is 68.1 cm³/mol. The van der Waals surface area contributed by atoms with E-state index in [0.29, 0.717) is 0 Å². The van der Waals surface area contributed by atoms with Gasteiger partial charge in [-0.15, -0.1) is 0 Å². The Morgan fingerprint density at radius 2 is 2.06 bits per heavy atom. The Morgan fingerprint density at radius 3 is 2.81 bits per heavy atom. The molecule has 0 amide bonds. The molecule has 0 radical (unpaired) electrons. The van der Waals surface area contributed by atoms with Crippen molar-refractivity contribution in [3.8, 4) is 5.75 Å². The van der Waals surface area contributed by atoms with Gasteiger partial charge in [0.15, 0.2) is 0 Å². The number of hydrogen-bond donors (Lipinski definition) is 2. The molecule has 16 heavy (non-hydrogen) atoms. The molecule has 0 aliphatic heterocycles. The van der Waals surface area contributed by atoms with Gasteiger partial charge in [0.25, 0.3) is 0 Å². The summed E-state index contributed by atoms with van der Waals surface area (Å²) >= 11 is 0. The van der Waals surface area contributed by atoms with E-state index in [4.69, 9.17) is 4.74 Å². The van der Waals surface area contributed by atoms with Gasteiger partial charge < -0.3 is 15.4 Å². The average molecular weight is 222 g/mol. The molecule has 0 unspecified atom stereocenters. The quantitative estimate of drug-likeness (QED) is 0.655. The molecular weight excluding hydrogens is 200 g/mol. The molecule has 1 rings (SSSR count). The van der Waals surface area contributed by atoms with Gasteiger partial charge in [-0.25, -0.2) is 0 Å². The monoisotopic (exact) mass is 222 g/mol. The number of benzene rings is 1. The third-order valence-electron chi connectivity index (χ3n) is 2.31. The van der Waals surface area contributed by atoms with Crippen LogP contribution in [-0.4, -0.2) is 33.3 Å². The summed E-state index contributed by atoms with van der Waals surface area (Å²) in [6, 6.07) is 8.16. The molecule has 2 N–H and O–H groups in total. The first-order chi connectivity index (χ1) is 7.83. The van der Waals surface area contributed by atoms with Crippen molar-refractivity contribution in [1.82, 2.24) is 10.6 Å². The maximum atomic E-state index is 5.64. The van der Waals surface area contributed by atoms with Crippen molar-refractivity contribution in [1.29, 1.82) is 0 Å². The summed E-state index contributed by atoms with van der Waals surface area (Å²) in [5.74, 6) is 0.968. The second kappa shape index (κ2) is 8.13. The Labute approximate surface area is 98.2 Å². The highest BCUT2D eigenvalue weighted by molar-refractivity contribution is 5.27. The van der Waals surface area contributed by atoms with Crippen LogP contribution in [0.2, 0.25) is 0 Å². The van der Waals surface area contributed by atoms with Gasteiger partial charge >= 0.3 is 0 Å². The molecule has 0 heterocycles. The van der Waals surface area contributed by atoms with Crippen LogP contribution in [0.1, 0.15) is 12.0 Å². The normalized spacial score (nSPS) is 10.4. The molecule has 1 aromatic rings. The Kier molecular flexibility index (Phi) is 6.61. The van der Waals surface area contributed by atoms with Crippen molar-refractivity contribution < 1.29 is 4.74 Å². The van der Waals surface area contributed by atoms with Crippen molar-refractivity contribution >= 4 is 0 Å². The Morgan fingerprint density at radius 1 is 1.19 bits per heavy atom. The largest absolute Gasteiger partial charge is 0.494 e. The topological polar surface area (TPSA) is 33.3 Å². The van der Waals surface area contributed by atoms with E-state index in [2.05, 4.69) is 29.7 Å². The molecule has 3 heteroatoms. The second-order valence-corrected chi connectivity index (χ2v) is 3.87. The van der Waals surface area contributed by atoms with E-state index >= 15 is 0 Å². The summed E-state index contributed by atoms with van der Waals surface area (Å²) in [4.78, 5) is 0. The minimum absolute atomic E-state index is 0.774. The Hall–Kier alpha value is -1.06. The van der Waals surface area contributed by atoms with Gasteiger partial charge in [0.2, 0.25) is 0 Å². The Balaban J connectivity index is 2.03. The zero-order valence-electron chi connectivity index (χ0n) is 10.3. The third kappa shape index (κ3) is 5.73.